The maximum absolute atomic E-state index is 10.4. The third kappa shape index (κ3) is 4.98. The molecular weight excluding hydrogens is 486 g/mol. The normalized spacial score (nSPS) is 21.4. The van der Waals surface area contributed by atoms with Crippen LogP contribution in [-0.2, 0) is 13.0 Å². The number of nitrogens with one attached hydrogen (secondary N) is 1. The summed E-state index contributed by atoms with van der Waals surface area (Å²) in [6.45, 7) is 5.41. The third-order valence-corrected chi connectivity index (χ3v) is 8.53. The predicted octanol–water partition coefficient (Wildman–Crippen LogP) is 3.83. The van der Waals surface area contributed by atoms with Crippen LogP contribution >= 0.6 is 0 Å². The van der Waals surface area contributed by atoms with Crippen LogP contribution in [0.3, 0.4) is 0 Å². The van der Waals surface area contributed by atoms with Crippen molar-refractivity contribution in [1.82, 2.24) is 15.2 Å². The largest absolute Gasteiger partial charge is 0.475 e. The fraction of sp³-hybridized carbons (Fsp3) is 0.452. The number of fused-ring (bicyclic) bond motifs is 2. The molecule has 0 radical (unpaired) electrons. The van der Waals surface area contributed by atoms with Crippen LogP contribution in [0.15, 0.2) is 42.5 Å². The Balaban J connectivity index is 1.39. The molecule has 0 amide bonds. The van der Waals surface area contributed by atoms with Gasteiger partial charge >= 0.3 is 0 Å². The molecular formula is C31H35N7O. The molecule has 2 aromatic carbocycles. The Labute approximate surface area is 230 Å². The quantitative estimate of drug-likeness (QED) is 0.523. The molecule has 1 aromatic heterocycles. The summed E-state index contributed by atoms with van der Waals surface area (Å²) in [4.78, 5) is 12.1. The average molecular weight is 522 g/mol. The highest BCUT2D eigenvalue weighted by Crippen LogP contribution is 2.38. The van der Waals surface area contributed by atoms with Gasteiger partial charge in [-0.1, -0.05) is 36.4 Å². The van der Waals surface area contributed by atoms with Gasteiger partial charge in [0.1, 0.15) is 24.1 Å². The van der Waals surface area contributed by atoms with Crippen molar-refractivity contribution in [3.8, 4) is 18.0 Å². The van der Waals surface area contributed by atoms with E-state index < -0.39 is 0 Å². The SMILES string of the molecule is CN1CCC[C@H]1COc1nc(N2CCN[C@H](CC#N)C2)c2c(c1C#N)CN(c1cccc3ccccc13)CC2. The molecule has 0 spiro atoms. The van der Waals surface area contributed by atoms with Crippen LogP contribution in [0, 0.1) is 22.7 Å². The van der Waals surface area contributed by atoms with Crippen LogP contribution in [0.2, 0.25) is 0 Å². The van der Waals surface area contributed by atoms with Gasteiger partial charge in [-0.15, -0.1) is 0 Å². The number of hydrogen-bond acceptors (Lipinski definition) is 8. The first kappa shape index (κ1) is 25.4. The van der Waals surface area contributed by atoms with E-state index in [9.17, 15) is 10.5 Å². The molecule has 0 saturated carbocycles. The number of piperazine rings is 1. The average Bonchev–Trinajstić information content (AvgIpc) is 3.39. The zero-order valence-electron chi connectivity index (χ0n) is 22.6. The molecule has 3 aromatic rings. The zero-order valence-corrected chi connectivity index (χ0v) is 22.6. The molecule has 0 bridgehead atoms. The van der Waals surface area contributed by atoms with Gasteiger partial charge in [0.25, 0.3) is 0 Å². The molecule has 3 aliphatic rings. The second-order valence-electron chi connectivity index (χ2n) is 10.9. The smallest absolute Gasteiger partial charge is 0.234 e. The monoisotopic (exact) mass is 521 g/mol. The maximum atomic E-state index is 10.4. The topological polar surface area (TPSA) is 91.5 Å². The van der Waals surface area contributed by atoms with Crippen molar-refractivity contribution in [3.05, 3.63) is 59.2 Å². The number of anilines is 2. The van der Waals surface area contributed by atoms with Gasteiger partial charge in [0, 0.05) is 67.0 Å². The molecule has 200 valence electrons. The first-order valence-corrected chi connectivity index (χ1v) is 14.0. The molecule has 2 atom stereocenters. The van der Waals surface area contributed by atoms with Crippen LogP contribution in [0.1, 0.15) is 36.0 Å². The summed E-state index contributed by atoms with van der Waals surface area (Å²) in [5.74, 6) is 1.36. The number of hydrogen-bond donors (Lipinski definition) is 1. The number of nitriles is 2. The first-order valence-electron chi connectivity index (χ1n) is 14.0. The van der Waals surface area contributed by atoms with Crippen LogP contribution < -0.4 is 19.9 Å². The summed E-state index contributed by atoms with van der Waals surface area (Å²) >= 11 is 0. The Hall–Kier alpha value is -3.85. The van der Waals surface area contributed by atoms with E-state index in [0.717, 1.165) is 62.5 Å². The van der Waals surface area contributed by atoms with Crippen molar-refractivity contribution < 1.29 is 4.74 Å². The van der Waals surface area contributed by atoms with Crippen molar-refractivity contribution >= 4 is 22.3 Å². The molecule has 4 heterocycles. The number of ether oxygens (including phenoxy) is 1. The fourth-order valence-electron chi connectivity index (χ4n) is 6.39. The molecule has 3 aliphatic heterocycles. The minimum atomic E-state index is 0.101. The standard InChI is InChI=1S/C31H35N7O/c1-36-15-5-8-24(36)21-39-31-27(18-33)28-20-37(29-10-4-7-22-6-2-3-9-25(22)29)16-12-26(28)30(35-31)38-17-14-34-23(19-38)11-13-32/h2-4,6-7,9-10,23-24,34H,5,8,11-12,14-17,19-21H2,1H3/t23-,24+/m1/s1. The number of rotatable bonds is 6. The van der Waals surface area contributed by atoms with E-state index in [1.807, 2.05) is 0 Å². The van der Waals surface area contributed by atoms with Crippen molar-refractivity contribution in [3.63, 3.8) is 0 Å². The molecule has 2 saturated heterocycles. The number of benzene rings is 2. The van der Waals surface area contributed by atoms with Gasteiger partial charge in [0.15, 0.2) is 0 Å². The second kappa shape index (κ2) is 11.1. The van der Waals surface area contributed by atoms with E-state index in [1.165, 1.54) is 22.9 Å². The molecule has 8 nitrogen and oxygen atoms in total. The molecule has 1 N–H and O–H groups in total. The lowest BCUT2D eigenvalue weighted by molar-refractivity contribution is 0.192. The van der Waals surface area contributed by atoms with Gasteiger partial charge in [0.05, 0.1) is 12.5 Å². The summed E-state index contributed by atoms with van der Waals surface area (Å²) in [6, 6.07) is 20.1. The molecule has 6 rings (SSSR count). The highest BCUT2D eigenvalue weighted by molar-refractivity contribution is 5.94. The molecule has 8 heteroatoms. The van der Waals surface area contributed by atoms with Gasteiger partial charge in [0.2, 0.25) is 5.88 Å². The van der Waals surface area contributed by atoms with E-state index >= 15 is 0 Å². The minimum absolute atomic E-state index is 0.101. The van der Waals surface area contributed by atoms with Gasteiger partial charge in [-0.05, 0) is 44.3 Å². The van der Waals surface area contributed by atoms with E-state index in [4.69, 9.17) is 9.72 Å². The Bertz CT molecular complexity index is 1440. The van der Waals surface area contributed by atoms with Crippen LogP contribution in [0.25, 0.3) is 10.8 Å². The van der Waals surface area contributed by atoms with Crippen LogP contribution in [0.4, 0.5) is 11.5 Å². The number of nitrogens with zero attached hydrogens (tertiary/aromatic N) is 6. The molecule has 2 fully saturated rings. The Morgan fingerprint density at radius 2 is 1.92 bits per heavy atom. The van der Waals surface area contributed by atoms with Crippen molar-refractivity contribution in [2.24, 2.45) is 0 Å². The minimum Gasteiger partial charge on any atom is -0.475 e. The van der Waals surface area contributed by atoms with E-state index in [2.05, 4.69) is 81.7 Å². The predicted molar refractivity (Wildman–Crippen MR) is 153 cm³/mol. The Morgan fingerprint density at radius 1 is 1.05 bits per heavy atom. The lowest BCUT2D eigenvalue weighted by Crippen LogP contribution is -2.51. The highest BCUT2D eigenvalue weighted by Gasteiger charge is 2.32. The number of likely N-dealkylation sites (N-methyl/N-ethyl adjacent to an activating group) is 1. The third-order valence-electron chi connectivity index (χ3n) is 8.53. The van der Waals surface area contributed by atoms with Crippen molar-refractivity contribution in [2.45, 2.75) is 44.3 Å². The molecule has 0 aliphatic carbocycles. The summed E-state index contributed by atoms with van der Waals surface area (Å²) in [5, 5.41) is 25.6. The highest BCUT2D eigenvalue weighted by atomic mass is 16.5. The second-order valence-corrected chi connectivity index (χ2v) is 10.9. The number of likely N-dealkylation sites (tertiary alicyclic amines) is 1. The number of pyridine rings is 1. The zero-order chi connectivity index (χ0) is 26.8. The lowest BCUT2D eigenvalue weighted by atomic mass is 9.94. The van der Waals surface area contributed by atoms with Crippen LogP contribution in [0.5, 0.6) is 5.88 Å². The van der Waals surface area contributed by atoms with Crippen molar-refractivity contribution in [2.75, 3.05) is 56.2 Å². The Morgan fingerprint density at radius 3 is 2.74 bits per heavy atom. The number of aromatic nitrogens is 1. The fourth-order valence-corrected chi connectivity index (χ4v) is 6.39. The molecule has 0 unspecified atom stereocenters. The van der Waals surface area contributed by atoms with Gasteiger partial charge in [-0.2, -0.15) is 15.5 Å². The van der Waals surface area contributed by atoms with Crippen LogP contribution in [-0.4, -0.2) is 68.3 Å². The maximum Gasteiger partial charge on any atom is 0.234 e. The summed E-state index contributed by atoms with van der Waals surface area (Å²) < 4.78 is 6.38. The Kier molecular flexibility index (Phi) is 7.24. The van der Waals surface area contributed by atoms with E-state index in [1.54, 1.807) is 0 Å². The van der Waals surface area contributed by atoms with E-state index in [-0.39, 0.29) is 6.04 Å². The molecule has 39 heavy (non-hydrogen) atoms. The van der Waals surface area contributed by atoms with E-state index in [0.29, 0.717) is 37.1 Å². The van der Waals surface area contributed by atoms with Gasteiger partial charge < -0.3 is 24.8 Å². The first-order chi connectivity index (χ1) is 19.2. The van der Waals surface area contributed by atoms with Crippen molar-refractivity contribution in [1.29, 1.82) is 10.5 Å². The van der Waals surface area contributed by atoms with Gasteiger partial charge in [-0.3, -0.25) is 0 Å². The summed E-state index contributed by atoms with van der Waals surface area (Å²) in [7, 11) is 2.13. The summed E-state index contributed by atoms with van der Waals surface area (Å²) in [5.41, 5.74) is 3.91. The van der Waals surface area contributed by atoms with Gasteiger partial charge in [-0.25, -0.2) is 0 Å². The summed E-state index contributed by atoms with van der Waals surface area (Å²) in [6.07, 6.45) is 3.52. The lowest BCUT2D eigenvalue weighted by Gasteiger charge is -2.38.